The maximum Gasteiger partial charge on any atom is 0.470 e. The lowest BCUT2D eigenvalue weighted by Crippen LogP contribution is -2.58. The van der Waals surface area contributed by atoms with E-state index in [4.69, 9.17) is 19.7 Å². The zero-order valence-corrected chi connectivity index (χ0v) is 19.7. The molecule has 37 heavy (non-hydrogen) atoms. The number of nitrogens with two attached hydrogens (primary N) is 1. The minimum absolute atomic E-state index is 0.150. The average Bonchev–Trinajstić information content (AvgIpc) is 3.30. The molecule has 2 aliphatic rings. The van der Waals surface area contributed by atoms with Crippen molar-refractivity contribution in [3.63, 3.8) is 0 Å². The van der Waals surface area contributed by atoms with Crippen LogP contribution < -0.4 is 22.7 Å². The smallest absolute Gasteiger partial charge is 0.390 e. The third-order valence-electron chi connectivity index (χ3n) is 6.14. The van der Waals surface area contributed by atoms with Gasteiger partial charge in [-0.1, -0.05) is 0 Å². The van der Waals surface area contributed by atoms with Crippen LogP contribution >= 0.6 is 7.82 Å². The van der Waals surface area contributed by atoms with Crippen LogP contribution in [0.2, 0.25) is 0 Å². The van der Waals surface area contributed by atoms with Gasteiger partial charge in [0.05, 0.1) is 12.3 Å². The van der Waals surface area contributed by atoms with E-state index < -0.39 is 85.6 Å². The fourth-order valence-corrected chi connectivity index (χ4v) is 5.24. The molecule has 0 saturated carbocycles. The summed E-state index contributed by atoms with van der Waals surface area (Å²) in [6.45, 7) is 0.992. The summed E-state index contributed by atoms with van der Waals surface area (Å²) in [5, 5.41) is 32.1. The molecule has 0 radical (unpaired) electrons. The van der Waals surface area contributed by atoms with Gasteiger partial charge in [0, 0.05) is 12.6 Å². The van der Waals surface area contributed by atoms with E-state index in [1.54, 1.807) is 4.98 Å². The fourth-order valence-electron chi connectivity index (χ4n) is 4.52. The molecule has 17 nitrogen and oxygen atoms in total. The highest BCUT2D eigenvalue weighted by Crippen LogP contribution is 2.51. The Hall–Kier alpha value is -2.80. The predicted octanol–water partition coefficient (Wildman–Crippen LogP) is -3.35. The molecule has 4 heterocycles. The number of hydrogen-bond donors (Lipinski definition) is 7. The van der Waals surface area contributed by atoms with Crippen LogP contribution in [0, 0.1) is 5.82 Å². The van der Waals surface area contributed by atoms with Crippen molar-refractivity contribution in [2.75, 3.05) is 5.73 Å². The number of anilines is 1. The van der Waals surface area contributed by atoms with E-state index in [0.717, 1.165) is 17.7 Å². The minimum atomic E-state index is -5.43. The number of hydrogen-bond acceptors (Lipinski definition) is 12. The van der Waals surface area contributed by atoms with Crippen molar-refractivity contribution in [2.45, 2.75) is 61.9 Å². The number of aromatic amines is 1. The van der Waals surface area contributed by atoms with E-state index in [9.17, 15) is 48.4 Å². The van der Waals surface area contributed by atoms with Crippen molar-refractivity contribution in [3.8, 4) is 0 Å². The summed E-state index contributed by atoms with van der Waals surface area (Å²) >= 11 is 0. The number of phosphoric acid groups is 1. The van der Waals surface area contributed by atoms with Gasteiger partial charge in [0.25, 0.3) is 5.56 Å². The van der Waals surface area contributed by atoms with Crippen LogP contribution in [-0.4, -0.2) is 80.3 Å². The summed E-state index contributed by atoms with van der Waals surface area (Å²) in [5.41, 5.74) is -0.393. The van der Waals surface area contributed by atoms with Gasteiger partial charge in [-0.25, -0.2) is 14.2 Å². The molecule has 2 saturated heterocycles. The molecule has 0 aliphatic carbocycles. The summed E-state index contributed by atoms with van der Waals surface area (Å²) < 4.78 is 43.2. The number of rotatable bonds is 6. The largest absolute Gasteiger partial charge is 0.470 e. The van der Waals surface area contributed by atoms with Gasteiger partial charge in [-0.15, -0.1) is 0 Å². The maximum atomic E-state index is 13.8. The lowest BCUT2D eigenvalue weighted by Gasteiger charge is -2.41. The van der Waals surface area contributed by atoms with Gasteiger partial charge in [-0.2, -0.15) is 9.37 Å². The predicted molar refractivity (Wildman–Crippen MR) is 116 cm³/mol. The molecule has 19 heteroatoms. The standard InChI is InChI=1S/C18H23FN5O12P/c1-18(36-37(31,32)33,12-7(25)4-9(34-12)24-5-6(19)14(28)22-17(24)30)13-10(26)11(27)15(35-13)23-3-2-8(20)21-16(23)29/h2-3,5,7,9-13,15,25-27H,4H2,1H3,(H2,20,21,29)(H,22,28,30)(H2,31,32,33). The molecule has 8 atom stereocenters. The first-order valence-electron chi connectivity index (χ1n) is 10.6. The van der Waals surface area contributed by atoms with E-state index >= 15 is 0 Å². The number of nitrogens with one attached hydrogen (secondary N) is 1. The van der Waals surface area contributed by atoms with Crippen molar-refractivity contribution in [2.24, 2.45) is 0 Å². The summed E-state index contributed by atoms with van der Waals surface area (Å²) in [4.78, 5) is 60.1. The molecular formula is C18H23FN5O12P. The zero-order chi connectivity index (χ0) is 27.4. The third kappa shape index (κ3) is 5.02. The Balaban J connectivity index is 1.72. The van der Waals surface area contributed by atoms with Crippen LogP contribution in [0.15, 0.2) is 32.8 Å². The van der Waals surface area contributed by atoms with Gasteiger partial charge < -0.3 is 40.3 Å². The van der Waals surface area contributed by atoms with Crippen molar-refractivity contribution < 1.29 is 48.1 Å². The molecule has 2 aliphatic heterocycles. The first-order chi connectivity index (χ1) is 17.1. The first kappa shape index (κ1) is 27.2. The molecule has 2 fully saturated rings. The number of phosphoric ester groups is 1. The third-order valence-corrected chi connectivity index (χ3v) is 6.77. The Morgan fingerprint density at radius 2 is 1.86 bits per heavy atom. The molecule has 0 amide bonds. The number of aliphatic hydroxyl groups excluding tert-OH is 3. The van der Waals surface area contributed by atoms with Crippen LogP contribution in [0.5, 0.6) is 0 Å². The number of aliphatic hydroxyl groups is 3. The van der Waals surface area contributed by atoms with E-state index in [-0.39, 0.29) is 5.82 Å². The fraction of sp³-hybridized carbons (Fsp3) is 0.556. The van der Waals surface area contributed by atoms with Crippen LogP contribution in [0.25, 0.3) is 0 Å². The molecule has 4 rings (SSSR count). The van der Waals surface area contributed by atoms with E-state index in [0.29, 0.717) is 10.8 Å². The number of nitrogens with zero attached hydrogens (tertiary/aromatic N) is 3. The quantitative estimate of drug-likeness (QED) is 0.173. The highest BCUT2D eigenvalue weighted by Gasteiger charge is 2.61. The van der Waals surface area contributed by atoms with Gasteiger partial charge >= 0.3 is 19.2 Å². The lowest BCUT2D eigenvalue weighted by molar-refractivity contribution is -0.198. The Kier molecular flexibility index (Phi) is 6.99. The molecule has 8 N–H and O–H groups in total. The van der Waals surface area contributed by atoms with Crippen LogP contribution in [0.1, 0.15) is 25.8 Å². The van der Waals surface area contributed by atoms with Crippen LogP contribution in [0.3, 0.4) is 0 Å². The van der Waals surface area contributed by atoms with Gasteiger partial charge in [0.1, 0.15) is 42.1 Å². The van der Waals surface area contributed by atoms with Gasteiger partial charge in [0.2, 0.25) is 5.82 Å². The molecule has 0 aromatic carbocycles. The summed E-state index contributed by atoms with van der Waals surface area (Å²) in [7, 11) is -5.43. The van der Waals surface area contributed by atoms with Gasteiger partial charge in [-0.3, -0.25) is 23.4 Å². The molecule has 2 aromatic rings. The van der Waals surface area contributed by atoms with Crippen LogP contribution in [0.4, 0.5) is 10.2 Å². The summed E-state index contributed by atoms with van der Waals surface area (Å²) in [5.74, 6) is -1.50. The number of nitrogen functional groups attached to an aromatic ring is 1. The van der Waals surface area contributed by atoms with Crippen molar-refractivity contribution in [1.82, 2.24) is 19.1 Å². The van der Waals surface area contributed by atoms with Crippen molar-refractivity contribution in [1.29, 1.82) is 0 Å². The first-order valence-corrected chi connectivity index (χ1v) is 12.1. The topological polar surface area (TPSA) is 262 Å². The number of ether oxygens (including phenoxy) is 2. The Labute approximate surface area is 204 Å². The minimum Gasteiger partial charge on any atom is -0.390 e. The second-order valence-corrected chi connectivity index (χ2v) is 9.86. The second kappa shape index (κ2) is 9.50. The second-order valence-electron chi connectivity index (χ2n) is 8.69. The molecule has 204 valence electrons. The molecule has 0 spiro atoms. The van der Waals surface area contributed by atoms with E-state index in [1.807, 2.05) is 0 Å². The van der Waals surface area contributed by atoms with Crippen molar-refractivity contribution in [3.05, 3.63) is 55.6 Å². The van der Waals surface area contributed by atoms with Gasteiger partial charge in [-0.05, 0) is 13.0 Å². The average molecular weight is 551 g/mol. The molecule has 8 unspecified atom stereocenters. The number of aromatic nitrogens is 4. The van der Waals surface area contributed by atoms with E-state index in [1.165, 1.54) is 6.07 Å². The Morgan fingerprint density at radius 3 is 2.49 bits per heavy atom. The summed E-state index contributed by atoms with van der Waals surface area (Å²) in [6, 6.07) is 1.19. The van der Waals surface area contributed by atoms with Gasteiger partial charge in [0.15, 0.2) is 6.23 Å². The number of H-pyrrole nitrogens is 1. The molecule has 2 aromatic heterocycles. The number of halogens is 1. The maximum absolute atomic E-state index is 13.8. The Morgan fingerprint density at radius 1 is 1.19 bits per heavy atom. The molecular weight excluding hydrogens is 528 g/mol. The van der Waals surface area contributed by atoms with Crippen molar-refractivity contribution >= 4 is 13.6 Å². The van der Waals surface area contributed by atoms with Crippen LogP contribution in [-0.2, 0) is 18.6 Å². The monoisotopic (exact) mass is 551 g/mol. The highest BCUT2D eigenvalue weighted by atomic mass is 31.2. The Bertz CT molecular complexity index is 1410. The normalized spacial score (nSPS) is 31.9. The highest BCUT2D eigenvalue weighted by molar-refractivity contribution is 7.46. The molecule has 0 bridgehead atoms. The van der Waals surface area contributed by atoms with E-state index in [2.05, 4.69) is 4.98 Å². The lowest BCUT2D eigenvalue weighted by atomic mass is 9.86. The summed E-state index contributed by atoms with van der Waals surface area (Å²) in [6.07, 6.45) is -11.0. The zero-order valence-electron chi connectivity index (χ0n) is 18.8. The SMILES string of the molecule is CC(OP(=O)(O)O)(C1OC(n2cc(F)c(=O)[nH]c2=O)CC1O)C1OC(n2ccc(N)nc2=O)C(O)C1O.